The molecule has 0 amide bonds. The van der Waals surface area contributed by atoms with Crippen LogP contribution in [-0.2, 0) is 23.9 Å². The number of hydrogen-bond donors (Lipinski definition) is 1. The lowest BCUT2D eigenvalue weighted by Crippen LogP contribution is -2.32. The summed E-state index contributed by atoms with van der Waals surface area (Å²) in [7, 11) is 0. The third kappa shape index (κ3) is 11.8. The Morgan fingerprint density at radius 1 is 0.800 bits per heavy atom. The number of carboxylic acid groups (broad SMARTS) is 1. The molecule has 0 spiro atoms. The number of carbonyl (C=O) groups excluding carboxylic acids is 4. The van der Waals surface area contributed by atoms with Gasteiger partial charge in [-0.3, -0.25) is 0 Å². The second-order valence-corrected chi connectivity index (χ2v) is 4.65. The maximum absolute atomic E-state index is 11.8. The van der Waals surface area contributed by atoms with Crippen LogP contribution in [0, 0.1) is 0 Å². The van der Waals surface area contributed by atoms with E-state index in [1.165, 1.54) is 24.3 Å². The Balaban J connectivity index is 0. The van der Waals surface area contributed by atoms with E-state index in [0.29, 0.717) is 0 Å². The lowest BCUT2D eigenvalue weighted by atomic mass is 10.2. The largest absolute Gasteiger partial charge is 0.478 e. The first-order valence-electron chi connectivity index (χ1n) is 9.20. The van der Waals surface area contributed by atoms with Gasteiger partial charge in [-0.2, -0.15) is 9.59 Å². The number of benzene rings is 2. The van der Waals surface area contributed by atoms with Gasteiger partial charge in [0, 0.05) is 0 Å². The molecule has 0 fully saturated rings. The Morgan fingerprint density at radius 3 is 1.53 bits per heavy atom. The maximum atomic E-state index is 11.8. The summed E-state index contributed by atoms with van der Waals surface area (Å²) in [6.45, 7) is 7.43. The molecule has 0 aliphatic rings. The summed E-state index contributed by atoms with van der Waals surface area (Å²) in [5.74, 6) is -2.88. The van der Waals surface area contributed by atoms with E-state index in [1.807, 2.05) is 27.7 Å². The van der Waals surface area contributed by atoms with Gasteiger partial charge in [-0.1, -0.05) is 64.1 Å². The standard InChI is InChI=1S/C17H14O6.2C2H6.CO2/c18-15(19)14(23-17(21)13-9-5-2-6-10-13)11-22-16(20)12-7-3-1-4-8-12;2*1-2;2-1-3/h1-10,14H,11H2,(H,18,19);2*1-2H3;/t14-;;;/m0.../s1. The van der Waals surface area contributed by atoms with Crippen molar-refractivity contribution in [3.8, 4) is 0 Å². The summed E-state index contributed by atoms with van der Waals surface area (Å²) in [5, 5.41) is 9.08. The molecule has 0 saturated carbocycles. The minimum Gasteiger partial charge on any atom is -0.478 e. The first-order valence-corrected chi connectivity index (χ1v) is 9.20. The zero-order chi connectivity index (χ0) is 23.4. The first-order chi connectivity index (χ1) is 14.5. The second kappa shape index (κ2) is 18.6. The molecule has 0 aromatic heterocycles. The molecule has 0 bridgehead atoms. The lowest BCUT2D eigenvalue weighted by molar-refractivity contribution is -0.191. The number of hydrogen-bond acceptors (Lipinski definition) is 7. The van der Waals surface area contributed by atoms with Crippen LogP contribution in [0.25, 0.3) is 0 Å². The van der Waals surface area contributed by atoms with Gasteiger partial charge in [0.2, 0.25) is 6.10 Å². The second-order valence-electron chi connectivity index (χ2n) is 4.65. The molecule has 1 N–H and O–H groups in total. The summed E-state index contributed by atoms with van der Waals surface area (Å²) < 4.78 is 9.76. The van der Waals surface area contributed by atoms with E-state index >= 15 is 0 Å². The van der Waals surface area contributed by atoms with Gasteiger partial charge in [0.1, 0.15) is 6.61 Å². The van der Waals surface area contributed by atoms with Gasteiger partial charge in [-0.05, 0) is 24.3 Å². The number of carboxylic acids is 1. The summed E-state index contributed by atoms with van der Waals surface area (Å²) >= 11 is 0. The Hall–Kier alpha value is -3.77. The predicted octanol–water partition coefficient (Wildman–Crippen LogP) is 3.62. The van der Waals surface area contributed by atoms with Crippen LogP contribution >= 0.6 is 0 Å². The molecular formula is C22H26O8. The molecule has 0 radical (unpaired) electrons. The van der Waals surface area contributed by atoms with Crippen molar-refractivity contribution in [3.05, 3.63) is 71.8 Å². The van der Waals surface area contributed by atoms with Crippen LogP contribution in [0.5, 0.6) is 0 Å². The average Bonchev–Trinajstić information content (AvgIpc) is 2.80. The zero-order valence-electron chi connectivity index (χ0n) is 17.4. The SMILES string of the molecule is CC.CC.O=C(OC[C@H](OC(=O)c1ccccc1)C(=O)O)c1ccccc1.O=C=O. The van der Waals surface area contributed by atoms with E-state index in [4.69, 9.17) is 24.2 Å². The molecule has 1 atom stereocenters. The number of aliphatic carboxylic acids is 1. The van der Waals surface area contributed by atoms with Crippen molar-refractivity contribution in [1.29, 1.82) is 0 Å². The van der Waals surface area contributed by atoms with Gasteiger partial charge in [0.05, 0.1) is 11.1 Å². The maximum Gasteiger partial charge on any atom is 0.373 e. The monoisotopic (exact) mass is 418 g/mol. The molecule has 162 valence electrons. The van der Waals surface area contributed by atoms with Crippen molar-refractivity contribution in [2.24, 2.45) is 0 Å². The smallest absolute Gasteiger partial charge is 0.373 e. The molecule has 0 unspecified atom stereocenters. The number of carbonyl (C=O) groups is 3. The van der Waals surface area contributed by atoms with E-state index in [9.17, 15) is 14.4 Å². The van der Waals surface area contributed by atoms with E-state index < -0.39 is 30.6 Å². The van der Waals surface area contributed by atoms with Gasteiger partial charge < -0.3 is 14.6 Å². The van der Waals surface area contributed by atoms with Gasteiger partial charge in [0.15, 0.2) is 0 Å². The van der Waals surface area contributed by atoms with Gasteiger partial charge >= 0.3 is 24.1 Å². The molecule has 0 aliphatic heterocycles. The minimum atomic E-state index is -1.57. The molecule has 30 heavy (non-hydrogen) atoms. The summed E-state index contributed by atoms with van der Waals surface area (Å²) in [6, 6.07) is 16.1. The third-order valence-corrected chi connectivity index (χ3v) is 2.91. The Labute approximate surface area is 175 Å². The first kappa shape index (κ1) is 28.4. The van der Waals surface area contributed by atoms with Crippen molar-refractivity contribution in [3.63, 3.8) is 0 Å². The number of rotatable bonds is 6. The highest BCUT2D eigenvalue weighted by Gasteiger charge is 2.25. The van der Waals surface area contributed by atoms with E-state index in [1.54, 1.807) is 36.4 Å². The van der Waals surface area contributed by atoms with Crippen LogP contribution < -0.4 is 0 Å². The van der Waals surface area contributed by atoms with Crippen LogP contribution in [-0.4, -0.2) is 41.9 Å². The average molecular weight is 418 g/mol. The fraction of sp³-hybridized carbons (Fsp3) is 0.273. The Kier molecular flexibility index (Phi) is 17.6. The van der Waals surface area contributed by atoms with Gasteiger partial charge in [0.25, 0.3) is 0 Å². The van der Waals surface area contributed by atoms with Crippen LogP contribution in [0.2, 0.25) is 0 Å². The van der Waals surface area contributed by atoms with E-state index in [2.05, 4.69) is 0 Å². The van der Waals surface area contributed by atoms with Crippen molar-refractivity contribution in [2.45, 2.75) is 33.8 Å². The molecule has 0 saturated heterocycles. The lowest BCUT2D eigenvalue weighted by Gasteiger charge is -2.14. The normalized spacial score (nSPS) is 9.33. The van der Waals surface area contributed by atoms with Crippen molar-refractivity contribution in [1.82, 2.24) is 0 Å². The van der Waals surface area contributed by atoms with E-state index in [0.717, 1.165) is 0 Å². The highest BCUT2D eigenvalue weighted by Crippen LogP contribution is 2.07. The number of esters is 2. The molecule has 2 rings (SSSR count). The van der Waals surface area contributed by atoms with Crippen molar-refractivity contribution < 1.29 is 38.6 Å². The quantitative estimate of drug-likeness (QED) is 0.705. The van der Waals surface area contributed by atoms with Gasteiger partial charge in [-0.25, -0.2) is 14.4 Å². The summed E-state index contributed by atoms with van der Waals surface area (Å²) in [5.41, 5.74) is 0.499. The van der Waals surface area contributed by atoms with Crippen molar-refractivity contribution in [2.75, 3.05) is 6.61 Å². The molecule has 2 aromatic rings. The molecule has 8 nitrogen and oxygen atoms in total. The van der Waals surface area contributed by atoms with Crippen LogP contribution in [0.15, 0.2) is 60.7 Å². The molecule has 0 aliphatic carbocycles. The summed E-state index contributed by atoms with van der Waals surface area (Å²) in [4.78, 5) is 51.0. The predicted molar refractivity (Wildman–Crippen MR) is 108 cm³/mol. The molecule has 0 heterocycles. The van der Waals surface area contributed by atoms with E-state index in [-0.39, 0.29) is 17.3 Å². The minimum absolute atomic E-state index is 0.216. The fourth-order valence-electron chi connectivity index (χ4n) is 1.74. The highest BCUT2D eigenvalue weighted by atomic mass is 16.6. The van der Waals surface area contributed by atoms with Crippen LogP contribution in [0.1, 0.15) is 48.4 Å². The van der Waals surface area contributed by atoms with Crippen LogP contribution in [0.3, 0.4) is 0 Å². The topological polar surface area (TPSA) is 124 Å². The van der Waals surface area contributed by atoms with Crippen LogP contribution in [0.4, 0.5) is 0 Å². The molecular weight excluding hydrogens is 392 g/mol. The highest BCUT2D eigenvalue weighted by molar-refractivity contribution is 5.92. The van der Waals surface area contributed by atoms with Gasteiger partial charge in [-0.15, -0.1) is 0 Å². The Bertz CT molecular complexity index is 766. The fourth-order valence-corrected chi connectivity index (χ4v) is 1.74. The Morgan fingerprint density at radius 2 is 1.17 bits per heavy atom. The molecule has 8 heteroatoms. The molecule has 2 aromatic carbocycles. The number of ether oxygens (including phenoxy) is 2. The van der Waals surface area contributed by atoms with Crippen molar-refractivity contribution >= 4 is 24.1 Å². The third-order valence-electron chi connectivity index (χ3n) is 2.91. The summed E-state index contributed by atoms with van der Waals surface area (Å²) in [6.07, 6.45) is -1.32. The zero-order valence-corrected chi connectivity index (χ0v) is 17.4.